The molecule has 2 atom stereocenters. The minimum Gasteiger partial charge on any atom is -0.508 e. The normalized spacial score (nSPS) is 15.0. The Morgan fingerprint density at radius 3 is 2.37 bits per heavy atom. The van der Waals surface area contributed by atoms with E-state index in [2.05, 4.69) is 23.3 Å². The third-order valence-corrected chi connectivity index (χ3v) is 5.75. The Labute approximate surface area is 211 Å². The summed E-state index contributed by atoms with van der Waals surface area (Å²) in [6.45, 7) is 5.48. The minimum atomic E-state index is -0.992. The predicted octanol–water partition coefficient (Wildman–Crippen LogP) is 3.56. The topological polar surface area (TPSA) is 108 Å². The summed E-state index contributed by atoms with van der Waals surface area (Å²) in [5.74, 6) is -0.796. The minimum absolute atomic E-state index is 0.0100. The first-order valence-corrected chi connectivity index (χ1v) is 12.3. The van der Waals surface area contributed by atoms with Crippen molar-refractivity contribution >= 4 is 30.5 Å². The molecule has 0 bridgehead atoms. The van der Waals surface area contributed by atoms with E-state index in [1.165, 1.54) is 17.0 Å². The van der Waals surface area contributed by atoms with Crippen molar-refractivity contribution in [3.05, 3.63) is 65.7 Å². The molecule has 0 aliphatic heterocycles. The third-order valence-electron chi connectivity index (χ3n) is 5.39. The van der Waals surface area contributed by atoms with E-state index in [4.69, 9.17) is 4.74 Å². The molecule has 3 rings (SSSR count). The van der Waals surface area contributed by atoms with Gasteiger partial charge in [-0.1, -0.05) is 42.5 Å². The Bertz CT molecular complexity index is 1040. The lowest BCUT2D eigenvalue weighted by Crippen LogP contribution is -2.54. The monoisotopic (exact) mass is 499 g/mol. The van der Waals surface area contributed by atoms with Crippen molar-refractivity contribution in [3.8, 4) is 5.75 Å². The molecule has 1 saturated carbocycles. The number of thiol groups is 1. The smallest absolute Gasteiger partial charge is 0.408 e. The van der Waals surface area contributed by atoms with Gasteiger partial charge in [-0.3, -0.25) is 9.59 Å². The molecular formula is C26H33N3O5S. The van der Waals surface area contributed by atoms with E-state index in [0.717, 1.165) is 18.4 Å². The summed E-state index contributed by atoms with van der Waals surface area (Å²) >= 11 is 4.28. The number of phenols is 1. The molecule has 0 saturated heterocycles. The van der Waals surface area contributed by atoms with E-state index >= 15 is 0 Å². The van der Waals surface area contributed by atoms with Gasteiger partial charge in [0.05, 0.1) is 0 Å². The zero-order valence-corrected chi connectivity index (χ0v) is 21.1. The highest BCUT2D eigenvalue weighted by Crippen LogP contribution is 2.36. The molecule has 0 heterocycles. The van der Waals surface area contributed by atoms with Crippen LogP contribution in [0.2, 0.25) is 0 Å². The van der Waals surface area contributed by atoms with E-state index in [0.29, 0.717) is 5.56 Å². The van der Waals surface area contributed by atoms with Gasteiger partial charge in [-0.2, -0.15) is 12.6 Å². The molecule has 1 aliphatic rings. The first kappa shape index (κ1) is 26.4. The Hall–Kier alpha value is -3.20. The van der Waals surface area contributed by atoms with Crippen molar-refractivity contribution in [2.75, 3.05) is 5.75 Å². The van der Waals surface area contributed by atoms with E-state index in [9.17, 15) is 19.5 Å². The number of carbonyl (C=O) groups is 3. The zero-order chi connectivity index (χ0) is 25.6. The average molecular weight is 500 g/mol. The highest BCUT2D eigenvalue weighted by atomic mass is 32.1. The van der Waals surface area contributed by atoms with Gasteiger partial charge in [-0.05, 0) is 56.9 Å². The van der Waals surface area contributed by atoms with Gasteiger partial charge < -0.3 is 25.4 Å². The molecule has 2 unspecified atom stereocenters. The van der Waals surface area contributed by atoms with Gasteiger partial charge in [-0.15, -0.1) is 0 Å². The molecule has 3 amide bonds. The SMILES string of the molecule is CC(C)(C)OC(=O)NC(CS)C(=O)N(C1CC1)C(C(=O)NCc1ccccc1)c1cccc(O)c1. The summed E-state index contributed by atoms with van der Waals surface area (Å²) in [5, 5.41) is 15.6. The van der Waals surface area contributed by atoms with Crippen LogP contribution in [0.15, 0.2) is 54.6 Å². The third kappa shape index (κ3) is 7.65. The number of hydrogen-bond acceptors (Lipinski definition) is 6. The first-order valence-electron chi connectivity index (χ1n) is 11.6. The number of ether oxygens (including phenoxy) is 1. The number of amides is 3. The molecule has 8 nitrogen and oxygen atoms in total. The Kier molecular flexibility index (Phi) is 8.67. The summed E-state index contributed by atoms with van der Waals surface area (Å²) in [5.41, 5.74) is 0.664. The van der Waals surface area contributed by atoms with Crippen LogP contribution in [-0.4, -0.2) is 51.4 Å². The van der Waals surface area contributed by atoms with Crippen molar-refractivity contribution < 1.29 is 24.2 Å². The van der Waals surface area contributed by atoms with Crippen molar-refractivity contribution in [2.24, 2.45) is 0 Å². The number of rotatable bonds is 9. The molecule has 9 heteroatoms. The van der Waals surface area contributed by atoms with Gasteiger partial charge in [-0.25, -0.2) is 4.79 Å². The fourth-order valence-electron chi connectivity index (χ4n) is 3.70. The van der Waals surface area contributed by atoms with E-state index < -0.39 is 29.7 Å². The number of carbonyl (C=O) groups excluding carboxylic acids is 3. The molecule has 1 aliphatic carbocycles. The number of hydrogen-bond donors (Lipinski definition) is 4. The fraction of sp³-hybridized carbons (Fsp3) is 0.423. The highest BCUT2D eigenvalue weighted by Gasteiger charge is 2.43. The molecule has 1 fully saturated rings. The largest absolute Gasteiger partial charge is 0.508 e. The predicted molar refractivity (Wildman–Crippen MR) is 136 cm³/mol. The van der Waals surface area contributed by atoms with Crippen LogP contribution in [-0.2, 0) is 20.9 Å². The van der Waals surface area contributed by atoms with Crippen LogP contribution in [0.3, 0.4) is 0 Å². The molecule has 2 aromatic carbocycles. The molecule has 3 N–H and O–H groups in total. The van der Waals surface area contributed by atoms with Gasteiger partial charge in [0.1, 0.15) is 23.4 Å². The molecule has 2 aromatic rings. The lowest BCUT2D eigenvalue weighted by Gasteiger charge is -2.34. The van der Waals surface area contributed by atoms with E-state index in [1.54, 1.807) is 32.9 Å². The lowest BCUT2D eigenvalue weighted by molar-refractivity contribution is -0.142. The first-order chi connectivity index (χ1) is 16.6. The Morgan fingerprint density at radius 2 is 1.80 bits per heavy atom. The molecule has 0 aromatic heterocycles. The Morgan fingerprint density at radius 1 is 1.11 bits per heavy atom. The van der Waals surface area contributed by atoms with Gasteiger partial charge in [0.25, 0.3) is 0 Å². The fourth-order valence-corrected chi connectivity index (χ4v) is 3.95. The van der Waals surface area contributed by atoms with Crippen LogP contribution in [0.1, 0.15) is 50.8 Å². The summed E-state index contributed by atoms with van der Waals surface area (Å²) in [7, 11) is 0. The summed E-state index contributed by atoms with van der Waals surface area (Å²) in [4.78, 5) is 41.1. The van der Waals surface area contributed by atoms with Gasteiger partial charge >= 0.3 is 6.09 Å². The summed E-state index contributed by atoms with van der Waals surface area (Å²) in [6, 6.07) is 13.6. The molecule has 188 valence electrons. The van der Waals surface area contributed by atoms with Crippen LogP contribution in [0.25, 0.3) is 0 Å². The van der Waals surface area contributed by atoms with Crippen molar-refractivity contribution in [1.82, 2.24) is 15.5 Å². The lowest BCUT2D eigenvalue weighted by atomic mass is 10.0. The second-order valence-corrected chi connectivity index (χ2v) is 9.92. The van der Waals surface area contributed by atoms with Crippen LogP contribution in [0, 0.1) is 0 Å². The Balaban J connectivity index is 1.88. The number of phenolic OH excluding ortho intramolecular Hbond substituents is 1. The second-order valence-electron chi connectivity index (χ2n) is 9.56. The van der Waals surface area contributed by atoms with Gasteiger partial charge in [0, 0.05) is 18.3 Å². The number of aromatic hydroxyl groups is 1. The van der Waals surface area contributed by atoms with Crippen LogP contribution < -0.4 is 10.6 Å². The van der Waals surface area contributed by atoms with E-state index in [-0.39, 0.29) is 30.0 Å². The average Bonchev–Trinajstić information content (AvgIpc) is 3.63. The maximum Gasteiger partial charge on any atom is 0.408 e. The second kappa shape index (κ2) is 11.5. The molecule has 35 heavy (non-hydrogen) atoms. The molecular weight excluding hydrogens is 466 g/mol. The van der Waals surface area contributed by atoms with Crippen LogP contribution in [0.5, 0.6) is 5.75 Å². The van der Waals surface area contributed by atoms with Gasteiger partial charge in [0.15, 0.2) is 0 Å². The zero-order valence-electron chi connectivity index (χ0n) is 20.2. The van der Waals surface area contributed by atoms with Crippen LogP contribution in [0.4, 0.5) is 4.79 Å². The quantitative estimate of drug-likeness (QED) is 0.395. The van der Waals surface area contributed by atoms with Gasteiger partial charge in [0.2, 0.25) is 11.8 Å². The standard InChI is InChI=1S/C26H33N3O5S/c1-26(2,3)34-25(33)28-21(16-35)24(32)29(19-12-13-19)22(18-10-7-11-20(30)14-18)23(31)27-15-17-8-5-4-6-9-17/h4-11,14,19,21-22,30,35H,12-13,15-16H2,1-3H3,(H,27,31)(H,28,33). The number of benzene rings is 2. The van der Waals surface area contributed by atoms with E-state index in [1.807, 2.05) is 30.3 Å². The van der Waals surface area contributed by atoms with Crippen LogP contribution >= 0.6 is 12.6 Å². The summed E-state index contributed by atoms with van der Waals surface area (Å²) in [6.07, 6.45) is 0.736. The van der Waals surface area contributed by atoms with Crippen molar-refractivity contribution in [2.45, 2.75) is 63.9 Å². The molecule has 0 radical (unpaired) electrons. The van der Waals surface area contributed by atoms with Crippen molar-refractivity contribution in [1.29, 1.82) is 0 Å². The molecule has 0 spiro atoms. The van der Waals surface area contributed by atoms with Crippen molar-refractivity contribution in [3.63, 3.8) is 0 Å². The maximum absolute atomic E-state index is 13.7. The maximum atomic E-state index is 13.7. The summed E-state index contributed by atoms with van der Waals surface area (Å²) < 4.78 is 5.30. The number of nitrogens with zero attached hydrogens (tertiary/aromatic N) is 1. The number of nitrogens with one attached hydrogen (secondary N) is 2. The highest BCUT2D eigenvalue weighted by molar-refractivity contribution is 7.80. The number of alkyl carbamates (subject to hydrolysis) is 1.